The van der Waals surface area contributed by atoms with E-state index in [4.69, 9.17) is 0 Å². The molecule has 0 amide bonds. The zero-order chi connectivity index (χ0) is 8.54. The van der Waals surface area contributed by atoms with Gasteiger partial charge in [-0.05, 0) is 24.7 Å². The lowest BCUT2D eigenvalue weighted by molar-refractivity contribution is -0.0161. The van der Waals surface area contributed by atoms with Crippen LogP contribution in [0.3, 0.4) is 0 Å². The third kappa shape index (κ3) is 2.76. The molecule has 0 saturated heterocycles. The van der Waals surface area contributed by atoms with E-state index in [0.29, 0.717) is 12.8 Å². The van der Waals surface area contributed by atoms with Crippen molar-refractivity contribution in [2.75, 3.05) is 0 Å². The van der Waals surface area contributed by atoms with Crippen molar-refractivity contribution in [2.45, 2.75) is 51.9 Å². The fraction of sp³-hybridized carbons (Fsp3) is 1.00. The van der Waals surface area contributed by atoms with Crippen LogP contribution in [0.4, 0.5) is 8.78 Å². The van der Waals surface area contributed by atoms with Crippen molar-refractivity contribution in [1.29, 1.82) is 0 Å². The summed E-state index contributed by atoms with van der Waals surface area (Å²) in [5.41, 5.74) is 0.139. The molecule has 0 aromatic heterocycles. The summed E-state index contributed by atoms with van der Waals surface area (Å²) in [6.07, 6.45) is 2.47. The lowest BCUT2D eigenvalue weighted by atomic mass is 9.85. The second-order valence-electron chi connectivity index (χ2n) is 4.37. The Hall–Kier alpha value is -0.140. The lowest BCUT2D eigenvalue weighted by Gasteiger charge is -2.21. The van der Waals surface area contributed by atoms with E-state index >= 15 is 0 Å². The Bertz CT molecular complexity index is 122. The highest BCUT2D eigenvalue weighted by atomic mass is 19.3. The number of rotatable bonds is 0. The average molecular weight is 162 g/mol. The van der Waals surface area contributed by atoms with Gasteiger partial charge in [0.15, 0.2) is 0 Å². The zero-order valence-electron chi connectivity index (χ0n) is 7.29. The van der Waals surface area contributed by atoms with Crippen molar-refractivity contribution in [3.05, 3.63) is 0 Å². The van der Waals surface area contributed by atoms with Crippen molar-refractivity contribution >= 4 is 0 Å². The van der Waals surface area contributed by atoms with Crippen LogP contribution in [0, 0.1) is 5.41 Å². The minimum Gasteiger partial charge on any atom is -0.207 e. The molecule has 0 nitrogen and oxygen atoms in total. The summed E-state index contributed by atoms with van der Waals surface area (Å²) in [6, 6.07) is 0. The van der Waals surface area contributed by atoms with Crippen molar-refractivity contribution in [3.8, 4) is 0 Å². The molecule has 1 saturated carbocycles. The summed E-state index contributed by atoms with van der Waals surface area (Å²) < 4.78 is 25.6. The predicted molar refractivity (Wildman–Crippen MR) is 41.8 cm³/mol. The summed E-state index contributed by atoms with van der Waals surface area (Å²) in [6.45, 7) is 4.16. The maximum Gasteiger partial charge on any atom is 0.248 e. The van der Waals surface area contributed by atoms with Crippen LogP contribution in [-0.4, -0.2) is 5.92 Å². The third-order valence-electron chi connectivity index (χ3n) is 2.56. The molecule has 1 aliphatic rings. The average Bonchev–Trinajstić information content (AvgIpc) is 1.92. The summed E-state index contributed by atoms with van der Waals surface area (Å²) in [5.74, 6) is -2.38. The lowest BCUT2D eigenvalue weighted by Crippen LogP contribution is -2.15. The molecular weight excluding hydrogens is 146 g/mol. The molecule has 0 aromatic carbocycles. The Kier molecular flexibility index (Phi) is 2.22. The third-order valence-corrected chi connectivity index (χ3v) is 2.56. The van der Waals surface area contributed by atoms with Crippen molar-refractivity contribution in [1.82, 2.24) is 0 Å². The molecule has 0 bridgehead atoms. The predicted octanol–water partition coefficient (Wildman–Crippen LogP) is 3.61. The molecule has 1 aliphatic carbocycles. The first kappa shape index (κ1) is 8.95. The SMILES string of the molecule is CC1(C)CCCC(F)(F)CC1. The van der Waals surface area contributed by atoms with E-state index in [1.807, 2.05) is 0 Å². The largest absolute Gasteiger partial charge is 0.248 e. The first-order chi connectivity index (χ1) is 4.91. The molecule has 0 radical (unpaired) electrons. The fourth-order valence-electron chi connectivity index (χ4n) is 1.60. The topological polar surface area (TPSA) is 0 Å². The first-order valence-corrected chi connectivity index (χ1v) is 4.29. The van der Waals surface area contributed by atoms with Gasteiger partial charge in [0.25, 0.3) is 0 Å². The normalized spacial score (nSPS) is 29.5. The van der Waals surface area contributed by atoms with Gasteiger partial charge in [-0.3, -0.25) is 0 Å². The van der Waals surface area contributed by atoms with E-state index in [1.165, 1.54) is 0 Å². The molecule has 1 fully saturated rings. The summed E-state index contributed by atoms with van der Waals surface area (Å²) in [7, 11) is 0. The van der Waals surface area contributed by atoms with E-state index in [0.717, 1.165) is 6.42 Å². The van der Waals surface area contributed by atoms with Gasteiger partial charge >= 0.3 is 0 Å². The van der Waals surface area contributed by atoms with E-state index in [2.05, 4.69) is 13.8 Å². The van der Waals surface area contributed by atoms with E-state index in [9.17, 15) is 8.78 Å². The number of hydrogen-bond acceptors (Lipinski definition) is 0. The first-order valence-electron chi connectivity index (χ1n) is 4.29. The molecular formula is C9H16F2. The molecule has 0 aromatic rings. The van der Waals surface area contributed by atoms with Gasteiger partial charge in [-0.2, -0.15) is 0 Å². The monoisotopic (exact) mass is 162 g/mol. The van der Waals surface area contributed by atoms with E-state index in [-0.39, 0.29) is 18.3 Å². The minimum atomic E-state index is -2.38. The highest BCUT2D eigenvalue weighted by Gasteiger charge is 2.34. The smallest absolute Gasteiger partial charge is 0.207 e. The Morgan fingerprint density at radius 1 is 0.909 bits per heavy atom. The molecule has 1 rings (SSSR count). The molecule has 0 spiro atoms. The molecule has 11 heavy (non-hydrogen) atoms. The Morgan fingerprint density at radius 2 is 1.55 bits per heavy atom. The van der Waals surface area contributed by atoms with Gasteiger partial charge in [0.1, 0.15) is 0 Å². The maximum atomic E-state index is 12.8. The molecule has 2 heteroatoms. The number of alkyl halides is 2. The number of halogens is 2. The van der Waals surface area contributed by atoms with Gasteiger partial charge in [-0.15, -0.1) is 0 Å². The van der Waals surface area contributed by atoms with Crippen molar-refractivity contribution in [3.63, 3.8) is 0 Å². The van der Waals surface area contributed by atoms with Crippen LogP contribution in [0.15, 0.2) is 0 Å². The van der Waals surface area contributed by atoms with Crippen LogP contribution in [0.5, 0.6) is 0 Å². The van der Waals surface area contributed by atoms with Crippen LogP contribution in [0.25, 0.3) is 0 Å². The highest BCUT2D eigenvalue weighted by molar-refractivity contribution is 4.79. The van der Waals surface area contributed by atoms with Crippen molar-refractivity contribution in [2.24, 2.45) is 5.41 Å². The molecule has 0 atom stereocenters. The Labute approximate surface area is 67.0 Å². The second kappa shape index (κ2) is 2.72. The second-order valence-corrected chi connectivity index (χ2v) is 4.37. The molecule has 66 valence electrons. The summed E-state index contributed by atoms with van der Waals surface area (Å²) in [4.78, 5) is 0. The number of hydrogen-bond donors (Lipinski definition) is 0. The highest BCUT2D eigenvalue weighted by Crippen LogP contribution is 2.40. The fourth-order valence-corrected chi connectivity index (χ4v) is 1.60. The quantitative estimate of drug-likeness (QED) is 0.477. The molecule has 0 aliphatic heterocycles. The van der Waals surface area contributed by atoms with Crippen molar-refractivity contribution < 1.29 is 8.78 Å². The van der Waals surface area contributed by atoms with E-state index < -0.39 is 5.92 Å². The van der Waals surface area contributed by atoms with Gasteiger partial charge in [0, 0.05) is 12.8 Å². The van der Waals surface area contributed by atoms with Gasteiger partial charge < -0.3 is 0 Å². The van der Waals surface area contributed by atoms with E-state index in [1.54, 1.807) is 0 Å². The summed E-state index contributed by atoms with van der Waals surface area (Å²) in [5, 5.41) is 0. The molecule has 0 heterocycles. The van der Waals surface area contributed by atoms with Gasteiger partial charge in [-0.1, -0.05) is 13.8 Å². The van der Waals surface area contributed by atoms with Gasteiger partial charge in [0.05, 0.1) is 0 Å². The Morgan fingerprint density at radius 3 is 2.18 bits per heavy atom. The van der Waals surface area contributed by atoms with Crippen LogP contribution in [0.1, 0.15) is 46.0 Å². The molecule has 0 unspecified atom stereocenters. The van der Waals surface area contributed by atoms with Crippen LogP contribution < -0.4 is 0 Å². The van der Waals surface area contributed by atoms with Crippen LogP contribution >= 0.6 is 0 Å². The van der Waals surface area contributed by atoms with Gasteiger partial charge in [-0.25, -0.2) is 8.78 Å². The summed E-state index contributed by atoms with van der Waals surface area (Å²) >= 11 is 0. The minimum absolute atomic E-state index is 0.0833. The Balaban J connectivity index is 2.53. The maximum absolute atomic E-state index is 12.8. The van der Waals surface area contributed by atoms with Crippen LogP contribution in [0.2, 0.25) is 0 Å². The van der Waals surface area contributed by atoms with Gasteiger partial charge in [0.2, 0.25) is 5.92 Å². The zero-order valence-corrected chi connectivity index (χ0v) is 7.29. The molecule has 0 N–H and O–H groups in total. The standard InChI is InChI=1S/C9H16F2/c1-8(2)4-3-5-9(10,11)7-6-8/h3-7H2,1-2H3. The van der Waals surface area contributed by atoms with Crippen LogP contribution in [-0.2, 0) is 0 Å².